The predicted molar refractivity (Wildman–Crippen MR) is 144 cm³/mol. The lowest BCUT2D eigenvalue weighted by Gasteiger charge is -2.36. The van der Waals surface area contributed by atoms with Crippen molar-refractivity contribution < 1.29 is 9.53 Å². The smallest absolute Gasteiger partial charge is 0.224 e. The number of carbonyl (C=O) groups is 1. The SMILES string of the molecule is CCNC(=NCCC(=O)N1CCN(c2ccccc2)CC1)N1CCC(N2CCOCC2)C1.I. The average Bonchev–Trinajstić information content (AvgIpc) is 3.35. The summed E-state index contributed by atoms with van der Waals surface area (Å²) in [5, 5.41) is 3.43. The molecule has 1 aromatic carbocycles. The molecule has 0 radical (unpaired) electrons. The summed E-state index contributed by atoms with van der Waals surface area (Å²) < 4.78 is 5.50. The van der Waals surface area contributed by atoms with Crippen LogP contribution < -0.4 is 10.2 Å². The second-order valence-corrected chi connectivity index (χ2v) is 8.73. The summed E-state index contributed by atoms with van der Waals surface area (Å²) in [6.45, 7) is 12.6. The molecule has 3 saturated heterocycles. The first-order valence-electron chi connectivity index (χ1n) is 12.2. The van der Waals surface area contributed by atoms with Gasteiger partial charge in [-0.15, -0.1) is 24.0 Å². The van der Waals surface area contributed by atoms with E-state index in [0.29, 0.717) is 19.0 Å². The van der Waals surface area contributed by atoms with E-state index in [2.05, 4.69) is 51.2 Å². The number of ether oxygens (including phenoxy) is 1. The van der Waals surface area contributed by atoms with E-state index in [-0.39, 0.29) is 29.9 Å². The topological polar surface area (TPSA) is 63.7 Å². The van der Waals surface area contributed by atoms with Crippen molar-refractivity contribution >= 4 is 41.5 Å². The Kier molecular flexibility index (Phi) is 10.5. The van der Waals surface area contributed by atoms with Crippen molar-refractivity contribution in [3.8, 4) is 0 Å². The number of guanidine groups is 1. The van der Waals surface area contributed by atoms with Gasteiger partial charge in [0.25, 0.3) is 0 Å². The van der Waals surface area contributed by atoms with Gasteiger partial charge in [0.05, 0.1) is 19.8 Å². The van der Waals surface area contributed by atoms with Gasteiger partial charge in [-0.05, 0) is 25.5 Å². The number of nitrogens with one attached hydrogen (secondary N) is 1. The Labute approximate surface area is 215 Å². The van der Waals surface area contributed by atoms with Crippen LogP contribution in [0.2, 0.25) is 0 Å². The fraction of sp³-hybridized carbons (Fsp3) is 0.667. The van der Waals surface area contributed by atoms with Crippen molar-refractivity contribution in [2.45, 2.75) is 25.8 Å². The Morgan fingerprint density at radius 3 is 2.45 bits per heavy atom. The van der Waals surface area contributed by atoms with Crippen LogP contribution in [0.15, 0.2) is 35.3 Å². The Bertz CT molecular complexity index is 751. The molecular weight excluding hydrogens is 531 g/mol. The van der Waals surface area contributed by atoms with Crippen LogP contribution in [0.5, 0.6) is 0 Å². The van der Waals surface area contributed by atoms with Crippen molar-refractivity contribution in [2.75, 3.05) is 83.6 Å². The third kappa shape index (κ3) is 7.19. The lowest BCUT2D eigenvalue weighted by molar-refractivity contribution is -0.131. The number of piperazine rings is 1. The lowest BCUT2D eigenvalue weighted by Crippen LogP contribution is -2.49. The molecule has 0 aromatic heterocycles. The number of hydrogen-bond donors (Lipinski definition) is 1. The van der Waals surface area contributed by atoms with Gasteiger partial charge < -0.3 is 24.8 Å². The van der Waals surface area contributed by atoms with Gasteiger partial charge in [-0.1, -0.05) is 18.2 Å². The molecule has 3 heterocycles. The summed E-state index contributed by atoms with van der Waals surface area (Å²) >= 11 is 0. The molecule has 3 aliphatic rings. The summed E-state index contributed by atoms with van der Waals surface area (Å²) in [6, 6.07) is 11.0. The Balaban J connectivity index is 0.00000306. The summed E-state index contributed by atoms with van der Waals surface area (Å²) in [5.41, 5.74) is 1.24. The van der Waals surface area contributed by atoms with Crippen LogP contribution in [0.3, 0.4) is 0 Å². The second kappa shape index (κ2) is 13.3. The lowest BCUT2D eigenvalue weighted by atomic mass is 10.2. The molecule has 9 heteroatoms. The number of nitrogens with zero attached hydrogens (tertiary/aromatic N) is 5. The number of benzene rings is 1. The number of halogens is 1. The highest BCUT2D eigenvalue weighted by Crippen LogP contribution is 2.18. The van der Waals surface area contributed by atoms with E-state index in [1.54, 1.807) is 0 Å². The normalized spacial score (nSPS) is 22.3. The number of rotatable bonds is 6. The molecule has 184 valence electrons. The van der Waals surface area contributed by atoms with Crippen LogP contribution in [0.4, 0.5) is 5.69 Å². The van der Waals surface area contributed by atoms with E-state index in [9.17, 15) is 4.79 Å². The number of amides is 1. The molecule has 3 fully saturated rings. The molecule has 0 saturated carbocycles. The maximum Gasteiger partial charge on any atom is 0.224 e. The first-order valence-corrected chi connectivity index (χ1v) is 12.2. The first-order chi connectivity index (χ1) is 15.7. The standard InChI is InChI=1S/C24H38N6O2.HI/c1-2-25-24(30-11-9-22(20-30)28-16-18-32-19-17-28)26-10-8-23(31)29-14-12-27(13-15-29)21-6-4-3-5-7-21;/h3-7,22H,2,8-20H2,1H3,(H,25,26);1H. The summed E-state index contributed by atoms with van der Waals surface area (Å²) in [4.78, 5) is 26.8. The minimum atomic E-state index is 0. The monoisotopic (exact) mass is 570 g/mol. The molecule has 33 heavy (non-hydrogen) atoms. The fourth-order valence-electron chi connectivity index (χ4n) is 4.87. The Morgan fingerprint density at radius 2 is 1.76 bits per heavy atom. The minimum absolute atomic E-state index is 0. The molecule has 3 aliphatic heterocycles. The quantitative estimate of drug-likeness (QED) is 0.320. The van der Waals surface area contributed by atoms with Crippen molar-refractivity contribution in [1.29, 1.82) is 0 Å². The number of aliphatic imine (C=N–C) groups is 1. The second-order valence-electron chi connectivity index (χ2n) is 8.73. The van der Waals surface area contributed by atoms with Gasteiger partial charge in [-0.25, -0.2) is 0 Å². The minimum Gasteiger partial charge on any atom is -0.379 e. The van der Waals surface area contributed by atoms with E-state index < -0.39 is 0 Å². The largest absolute Gasteiger partial charge is 0.379 e. The zero-order valence-electron chi connectivity index (χ0n) is 19.8. The molecule has 1 atom stereocenters. The molecule has 0 spiro atoms. The zero-order chi connectivity index (χ0) is 22.2. The van der Waals surface area contributed by atoms with Crippen LogP contribution >= 0.6 is 24.0 Å². The average molecular weight is 571 g/mol. The summed E-state index contributed by atoms with van der Waals surface area (Å²) in [6.07, 6.45) is 1.63. The van der Waals surface area contributed by atoms with Gasteiger partial charge in [0.15, 0.2) is 5.96 Å². The van der Waals surface area contributed by atoms with Crippen LogP contribution in [-0.4, -0.2) is 111 Å². The van der Waals surface area contributed by atoms with Gasteiger partial charge in [-0.2, -0.15) is 0 Å². The molecule has 0 aliphatic carbocycles. The molecule has 1 aromatic rings. The third-order valence-corrected chi connectivity index (χ3v) is 6.70. The zero-order valence-corrected chi connectivity index (χ0v) is 22.2. The van der Waals surface area contributed by atoms with Gasteiger partial charge in [-0.3, -0.25) is 14.7 Å². The number of para-hydroxylation sites is 1. The van der Waals surface area contributed by atoms with Gasteiger partial charge in [0.2, 0.25) is 5.91 Å². The van der Waals surface area contributed by atoms with Crippen molar-refractivity contribution in [1.82, 2.24) is 20.0 Å². The van der Waals surface area contributed by atoms with Crippen molar-refractivity contribution in [3.63, 3.8) is 0 Å². The molecule has 1 amide bonds. The van der Waals surface area contributed by atoms with Crippen molar-refractivity contribution in [3.05, 3.63) is 30.3 Å². The van der Waals surface area contributed by atoms with Gasteiger partial charge >= 0.3 is 0 Å². The summed E-state index contributed by atoms with van der Waals surface area (Å²) in [5.74, 6) is 1.16. The van der Waals surface area contributed by atoms with E-state index in [1.807, 2.05) is 11.0 Å². The predicted octanol–water partition coefficient (Wildman–Crippen LogP) is 1.72. The Morgan fingerprint density at radius 1 is 1.03 bits per heavy atom. The highest BCUT2D eigenvalue weighted by Gasteiger charge is 2.30. The van der Waals surface area contributed by atoms with Gasteiger partial charge in [0, 0.05) is 77.1 Å². The maximum atomic E-state index is 12.7. The number of carbonyl (C=O) groups excluding carboxylic acids is 1. The van der Waals surface area contributed by atoms with Crippen LogP contribution in [0.1, 0.15) is 19.8 Å². The molecule has 8 nitrogen and oxygen atoms in total. The van der Waals surface area contributed by atoms with Crippen LogP contribution in [0, 0.1) is 0 Å². The Hall–Kier alpha value is -1.59. The molecule has 1 unspecified atom stereocenters. The van der Waals surface area contributed by atoms with Gasteiger partial charge in [0.1, 0.15) is 0 Å². The molecular formula is C24H39IN6O2. The van der Waals surface area contributed by atoms with E-state index in [1.165, 1.54) is 5.69 Å². The van der Waals surface area contributed by atoms with E-state index in [0.717, 1.165) is 84.5 Å². The maximum absolute atomic E-state index is 12.7. The number of morpholine rings is 1. The fourth-order valence-corrected chi connectivity index (χ4v) is 4.87. The number of anilines is 1. The highest BCUT2D eigenvalue weighted by atomic mass is 127. The number of likely N-dealkylation sites (tertiary alicyclic amines) is 1. The van der Waals surface area contributed by atoms with Crippen LogP contribution in [0.25, 0.3) is 0 Å². The van der Waals surface area contributed by atoms with E-state index in [4.69, 9.17) is 9.73 Å². The van der Waals surface area contributed by atoms with E-state index >= 15 is 0 Å². The third-order valence-electron chi connectivity index (χ3n) is 6.70. The van der Waals surface area contributed by atoms with Crippen molar-refractivity contribution in [2.24, 2.45) is 4.99 Å². The van der Waals surface area contributed by atoms with Crippen LogP contribution in [-0.2, 0) is 9.53 Å². The first kappa shape index (κ1) is 26.0. The highest BCUT2D eigenvalue weighted by molar-refractivity contribution is 14.0. The molecule has 0 bridgehead atoms. The molecule has 4 rings (SSSR count). The number of hydrogen-bond acceptors (Lipinski definition) is 5. The molecule has 1 N–H and O–H groups in total. The summed E-state index contributed by atoms with van der Waals surface area (Å²) in [7, 11) is 0.